The van der Waals surface area contributed by atoms with E-state index in [0.717, 1.165) is 18.4 Å². The molecule has 0 spiro atoms. The minimum absolute atomic E-state index is 0.0129. The Kier molecular flexibility index (Phi) is 6.73. The molecule has 0 atom stereocenters. The number of benzene rings is 1. The Hall–Kier alpha value is -1.37. The summed E-state index contributed by atoms with van der Waals surface area (Å²) in [6, 6.07) is 7.63. The molecule has 7 heteroatoms. The minimum atomic E-state index is -0.162. The van der Waals surface area contributed by atoms with Crippen molar-refractivity contribution in [3.05, 3.63) is 39.8 Å². The summed E-state index contributed by atoms with van der Waals surface area (Å²) < 4.78 is 0.485. The van der Waals surface area contributed by atoms with Gasteiger partial charge in [-0.1, -0.05) is 73.0 Å². The van der Waals surface area contributed by atoms with Gasteiger partial charge < -0.3 is 5.32 Å². The van der Waals surface area contributed by atoms with Crippen LogP contribution in [-0.2, 0) is 9.59 Å². The molecule has 26 heavy (non-hydrogen) atoms. The molecule has 138 valence electrons. The standard InChI is InChI=1S/C19H21ClN2O2S2/c20-15-9-5-4-6-13(15)12-16-18(24)22(19(25)26-16)11-10-17(23)21-14-7-2-1-3-8-14/h4-6,9,12,14H,1-3,7-8,10-11H2,(H,21,23)/b16-12+. The summed E-state index contributed by atoms with van der Waals surface area (Å²) in [6.07, 6.45) is 7.71. The van der Waals surface area contributed by atoms with Crippen molar-refractivity contribution >= 4 is 57.8 Å². The van der Waals surface area contributed by atoms with Crippen LogP contribution in [0.5, 0.6) is 0 Å². The van der Waals surface area contributed by atoms with E-state index in [0.29, 0.717) is 20.8 Å². The van der Waals surface area contributed by atoms with E-state index in [4.69, 9.17) is 23.8 Å². The summed E-state index contributed by atoms with van der Waals surface area (Å²) in [6.45, 7) is 0.309. The van der Waals surface area contributed by atoms with Crippen molar-refractivity contribution in [2.45, 2.75) is 44.6 Å². The average Bonchev–Trinajstić information content (AvgIpc) is 2.89. The molecule has 0 radical (unpaired) electrons. The second-order valence-corrected chi connectivity index (χ2v) is 8.59. The number of nitrogens with zero attached hydrogens (tertiary/aromatic N) is 1. The molecule has 3 rings (SSSR count). The molecule has 0 bridgehead atoms. The lowest BCUT2D eigenvalue weighted by Crippen LogP contribution is -2.39. The van der Waals surface area contributed by atoms with Gasteiger partial charge in [0.1, 0.15) is 4.32 Å². The molecule has 1 heterocycles. The molecule has 1 aliphatic heterocycles. The van der Waals surface area contributed by atoms with Gasteiger partial charge in [-0.25, -0.2) is 0 Å². The number of hydrogen-bond acceptors (Lipinski definition) is 4. The third-order valence-corrected chi connectivity index (χ3v) is 6.32. The molecule has 1 saturated carbocycles. The van der Waals surface area contributed by atoms with Crippen LogP contribution in [0, 0.1) is 0 Å². The third-order valence-electron chi connectivity index (χ3n) is 4.60. The van der Waals surface area contributed by atoms with Crippen LogP contribution in [0.4, 0.5) is 0 Å². The molecule has 1 aliphatic carbocycles. The molecule has 4 nitrogen and oxygen atoms in total. The number of hydrogen-bond donors (Lipinski definition) is 1. The first-order valence-electron chi connectivity index (χ1n) is 8.84. The van der Waals surface area contributed by atoms with E-state index in [-0.39, 0.29) is 24.3 Å². The second-order valence-electron chi connectivity index (χ2n) is 6.51. The zero-order chi connectivity index (χ0) is 18.5. The van der Waals surface area contributed by atoms with Gasteiger partial charge in [-0.3, -0.25) is 14.5 Å². The van der Waals surface area contributed by atoms with Crippen molar-refractivity contribution in [1.29, 1.82) is 0 Å². The van der Waals surface area contributed by atoms with Gasteiger partial charge in [0.15, 0.2) is 0 Å². The molecule has 2 fully saturated rings. The molecule has 1 aromatic rings. The van der Waals surface area contributed by atoms with Crippen LogP contribution in [0.25, 0.3) is 6.08 Å². The molecular formula is C19H21ClN2O2S2. The first kappa shape index (κ1) is 19.4. The van der Waals surface area contributed by atoms with Gasteiger partial charge in [0.05, 0.1) is 4.91 Å². The first-order chi connectivity index (χ1) is 12.5. The van der Waals surface area contributed by atoms with E-state index in [1.54, 1.807) is 12.1 Å². The van der Waals surface area contributed by atoms with Gasteiger partial charge >= 0.3 is 0 Å². The lowest BCUT2D eigenvalue weighted by molar-refractivity contribution is -0.124. The highest BCUT2D eigenvalue weighted by molar-refractivity contribution is 8.26. The number of carbonyl (C=O) groups excluding carboxylic acids is 2. The zero-order valence-electron chi connectivity index (χ0n) is 14.4. The Morgan fingerprint density at radius 2 is 2.04 bits per heavy atom. The predicted octanol–water partition coefficient (Wildman–Crippen LogP) is 4.38. The molecule has 1 saturated heterocycles. The van der Waals surface area contributed by atoms with Crippen molar-refractivity contribution in [1.82, 2.24) is 10.2 Å². The summed E-state index contributed by atoms with van der Waals surface area (Å²) >= 11 is 12.7. The average molecular weight is 409 g/mol. The Morgan fingerprint density at radius 3 is 2.77 bits per heavy atom. The Morgan fingerprint density at radius 1 is 1.31 bits per heavy atom. The summed E-state index contributed by atoms with van der Waals surface area (Å²) in [7, 11) is 0. The molecular weight excluding hydrogens is 388 g/mol. The summed E-state index contributed by atoms with van der Waals surface area (Å²) in [5.41, 5.74) is 0.782. The van der Waals surface area contributed by atoms with Gasteiger partial charge in [0.2, 0.25) is 5.91 Å². The summed E-state index contributed by atoms with van der Waals surface area (Å²) in [4.78, 5) is 26.8. The third kappa shape index (κ3) is 4.87. The van der Waals surface area contributed by atoms with Crippen LogP contribution >= 0.6 is 35.6 Å². The molecule has 0 aromatic heterocycles. The fourth-order valence-electron chi connectivity index (χ4n) is 3.19. The van der Waals surface area contributed by atoms with Crippen LogP contribution in [0.3, 0.4) is 0 Å². The highest BCUT2D eigenvalue weighted by Crippen LogP contribution is 2.33. The SMILES string of the molecule is O=C(CCN1C(=O)/C(=C\c2ccccc2Cl)SC1=S)NC1CCCCC1. The quantitative estimate of drug-likeness (QED) is 0.580. The van der Waals surface area contributed by atoms with Crippen molar-refractivity contribution in [3.8, 4) is 0 Å². The highest BCUT2D eigenvalue weighted by atomic mass is 35.5. The van der Waals surface area contributed by atoms with Crippen LogP contribution in [-0.4, -0.2) is 33.6 Å². The van der Waals surface area contributed by atoms with Crippen molar-refractivity contribution < 1.29 is 9.59 Å². The summed E-state index contributed by atoms with van der Waals surface area (Å²) in [5.74, 6) is -0.175. The second kappa shape index (κ2) is 9.02. The maximum atomic E-state index is 12.6. The largest absolute Gasteiger partial charge is 0.353 e. The maximum Gasteiger partial charge on any atom is 0.266 e. The lowest BCUT2D eigenvalue weighted by Gasteiger charge is -2.23. The molecule has 1 N–H and O–H groups in total. The van der Waals surface area contributed by atoms with Gasteiger partial charge in [0, 0.05) is 24.0 Å². The highest BCUT2D eigenvalue weighted by Gasteiger charge is 2.32. The Balaban J connectivity index is 1.57. The first-order valence-corrected chi connectivity index (χ1v) is 10.4. The van der Waals surface area contributed by atoms with E-state index in [1.165, 1.54) is 35.9 Å². The topological polar surface area (TPSA) is 49.4 Å². The number of thiocarbonyl (C=S) groups is 1. The van der Waals surface area contributed by atoms with Gasteiger partial charge in [-0.15, -0.1) is 0 Å². The molecule has 2 aliphatic rings. The number of thioether (sulfide) groups is 1. The summed E-state index contributed by atoms with van der Waals surface area (Å²) in [5, 5.41) is 3.66. The minimum Gasteiger partial charge on any atom is -0.353 e. The van der Waals surface area contributed by atoms with Gasteiger partial charge in [-0.2, -0.15) is 0 Å². The number of halogens is 1. The van der Waals surface area contributed by atoms with Crippen LogP contribution < -0.4 is 5.32 Å². The Bertz CT molecular complexity index is 745. The van der Waals surface area contributed by atoms with E-state index >= 15 is 0 Å². The number of carbonyl (C=O) groups is 2. The van der Waals surface area contributed by atoms with Crippen molar-refractivity contribution in [2.75, 3.05) is 6.54 Å². The molecule has 2 amide bonds. The van der Waals surface area contributed by atoms with Gasteiger partial charge in [-0.05, 0) is 30.5 Å². The molecule has 0 unspecified atom stereocenters. The maximum absolute atomic E-state index is 12.6. The van der Waals surface area contributed by atoms with Crippen molar-refractivity contribution in [2.24, 2.45) is 0 Å². The fourth-order valence-corrected chi connectivity index (χ4v) is 4.68. The van der Waals surface area contributed by atoms with E-state index in [1.807, 2.05) is 18.2 Å². The fraction of sp³-hybridized carbons (Fsp3) is 0.421. The monoisotopic (exact) mass is 408 g/mol. The number of amides is 2. The van der Waals surface area contributed by atoms with Crippen LogP contribution in [0.1, 0.15) is 44.1 Å². The van der Waals surface area contributed by atoms with E-state index in [9.17, 15) is 9.59 Å². The predicted molar refractivity (Wildman–Crippen MR) is 111 cm³/mol. The normalized spacial score (nSPS) is 20.0. The lowest BCUT2D eigenvalue weighted by atomic mass is 9.95. The van der Waals surface area contributed by atoms with E-state index < -0.39 is 0 Å². The number of nitrogens with one attached hydrogen (secondary N) is 1. The van der Waals surface area contributed by atoms with Crippen LogP contribution in [0.2, 0.25) is 5.02 Å². The number of rotatable bonds is 5. The molecule has 1 aromatic carbocycles. The van der Waals surface area contributed by atoms with Crippen LogP contribution in [0.15, 0.2) is 29.2 Å². The Labute approximate surface area is 168 Å². The van der Waals surface area contributed by atoms with E-state index in [2.05, 4.69) is 5.32 Å². The van der Waals surface area contributed by atoms with Gasteiger partial charge in [0.25, 0.3) is 5.91 Å². The zero-order valence-corrected chi connectivity index (χ0v) is 16.8. The van der Waals surface area contributed by atoms with Crippen molar-refractivity contribution in [3.63, 3.8) is 0 Å². The smallest absolute Gasteiger partial charge is 0.266 e.